The van der Waals surface area contributed by atoms with E-state index in [2.05, 4.69) is 17.1 Å². The molecule has 6 heteroatoms. The molecular formula is C24H34N4O2. The Bertz CT molecular complexity index is 848. The van der Waals surface area contributed by atoms with Crippen LogP contribution in [0.3, 0.4) is 0 Å². The fourth-order valence-corrected chi connectivity index (χ4v) is 4.60. The molecule has 0 bridgehead atoms. The summed E-state index contributed by atoms with van der Waals surface area (Å²) >= 11 is 0. The van der Waals surface area contributed by atoms with E-state index in [1.807, 2.05) is 24.3 Å². The van der Waals surface area contributed by atoms with Gasteiger partial charge in [0.15, 0.2) is 5.82 Å². The number of piperidine rings is 1. The minimum Gasteiger partial charge on any atom is -0.475 e. The van der Waals surface area contributed by atoms with Crippen molar-refractivity contribution in [1.29, 1.82) is 0 Å². The normalized spacial score (nSPS) is 20.7. The molecule has 1 saturated carbocycles. The second kappa shape index (κ2) is 10.1. The van der Waals surface area contributed by atoms with Gasteiger partial charge in [-0.25, -0.2) is 9.97 Å². The maximum atomic E-state index is 13.0. The summed E-state index contributed by atoms with van der Waals surface area (Å²) < 4.78 is 5.96. The minimum absolute atomic E-state index is 0.00528. The predicted molar refractivity (Wildman–Crippen MR) is 120 cm³/mol. The first kappa shape index (κ1) is 20.9. The van der Waals surface area contributed by atoms with Gasteiger partial charge < -0.3 is 15.0 Å². The molecule has 0 unspecified atom stereocenters. The zero-order valence-electron chi connectivity index (χ0n) is 18.1. The Kier molecular flexibility index (Phi) is 7.03. The molecule has 0 radical (unpaired) electrons. The molecule has 0 spiro atoms. The number of ether oxygens (including phenoxy) is 1. The fourth-order valence-electron chi connectivity index (χ4n) is 4.60. The van der Waals surface area contributed by atoms with Crippen molar-refractivity contribution in [3.63, 3.8) is 0 Å². The molecule has 2 aliphatic rings. The molecule has 2 fully saturated rings. The molecule has 30 heavy (non-hydrogen) atoms. The van der Waals surface area contributed by atoms with E-state index in [0.29, 0.717) is 25.1 Å². The Morgan fingerprint density at radius 3 is 2.53 bits per heavy atom. The first-order valence-corrected chi connectivity index (χ1v) is 11.7. The summed E-state index contributed by atoms with van der Waals surface area (Å²) in [7, 11) is 0. The summed E-state index contributed by atoms with van der Waals surface area (Å²) in [6.07, 6.45) is 10.1. The van der Waals surface area contributed by atoms with Crippen LogP contribution >= 0.6 is 0 Å². The minimum atomic E-state index is -0.00528. The third-order valence-corrected chi connectivity index (χ3v) is 6.26. The highest BCUT2D eigenvalue weighted by Gasteiger charge is 2.30. The zero-order chi connectivity index (χ0) is 20.8. The van der Waals surface area contributed by atoms with Crippen molar-refractivity contribution in [1.82, 2.24) is 15.3 Å². The molecule has 1 saturated heterocycles. The summed E-state index contributed by atoms with van der Waals surface area (Å²) in [5.74, 6) is 1.56. The fraction of sp³-hybridized carbons (Fsp3) is 0.625. The molecule has 1 atom stereocenters. The van der Waals surface area contributed by atoms with Gasteiger partial charge in [0.2, 0.25) is 5.91 Å². The van der Waals surface area contributed by atoms with E-state index in [0.717, 1.165) is 55.5 Å². The van der Waals surface area contributed by atoms with E-state index in [1.54, 1.807) is 0 Å². The quantitative estimate of drug-likeness (QED) is 0.712. The number of aromatic nitrogens is 2. The monoisotopic (exact) mass is 410 g/mol. The number of nitrogens with zero attached hydrogens (tertiary/aromatic N) is 3. The number of carbonyl (C=O) groups excluding carboxylic acids is 1. The molecule has 1 aliphatic heterocycles. The van der Waals surface area contributed by atoms with Crippen molar-refractivity contribution >= 4 is 22.8 Å². The first-order chi connectivity index (χ1) is 14.7. The van der Waals surface area contributed by atoms with E-state index >= 15 is 0 Å². The molecule has 1 amide bonds. The van der Waals surface area contributed by atoms with Gasteiger partial charge in [0.05, 0.1) is 23.6 Å². The van der Waals surface area contributed by atoms with Crippen molar-refractivity contribution in [2.45, 2.75) is 70.8 Å². The average Bonchev–Trinajstić information content (AvgIpc) is 3.05. The summed E-state index contributed by atoms with van der Waals surface area (Å²) in [5.41, 5.74) is 1.70. The number of hydrogen-bond acceptors (Lipinski definition) is 5. The van der Waals surface area contributed by atoms with Gasteiger partial charge in [-0.15, -0.1) is 0 Å². The van der Waals surface area contributed by atoms with Crippen LogP contribution in [0.4, 0.5) is 5.82 Å². The van der Waals surface area contributed by atoms with Gasteiger partial charge in [-0.1, -0.05) is 44.7 Å². The standard InChI is InChI=1S/C24H34N4O2/c1-2-16-30-24-22(26-20-13-7-8-14-21(20)27-24)28-15-9-10-18(17-28)23(29)25-19-11-5-3-4-6-12-19/h7-8,13-14,18-19H,2-6,9-12,15-17H2,1H3,(H,25,29)/t18-/m1/s1. The lowest BCUT2D eigenvalue weighted by molar-refractivity contribution is -0.126. The van der Waals surface area contributed by atoms with Gasteiger partial charge in [-0.2, -0.15) is 0 Å². The molecule has 4 rings (SSSR count). The summed E-state index contributed by atoms with van der Waals surface area (Å²) in [4.78, 5) is 24.8. The SMILES string of the molecule is CCCOc1nc2ccccc2nc1N1CCC[C@@H](C(=O)NC2CCCCCC2)C1. The first-order valence-electron chi connectivity index (χ1n) is 11.7. The van der Waals surface area contributed by atoms with Crippen LogP contribution in [0.25, 0.3) is 11.0 Å². The molecule has 162 valence electrons. The number of fused-ring (bicyclic) bond motifs is 1. The van der Waals surface area contributed by atoms with Crippen LogP contribution in [-0.2, 0) is 4.79 Å². The van der Waals surface area contributed by atoms with E-state index in [9.17, 15) is 4.79 Å². The lowest BCUT2D eigenvalue weighted by atomic mass is 9.96. The van der Waals surface area contributed by atoms with Crippen LogP contribution in [0.5, 0.6) is 5.88 Å². The Morgan fingerprint density at radius 2 is 1.80 bits per heavy atom. The van der Waals surface area contributed by atoms with Gasteiger partial charge in [-0.05, 0) is 44.2 Å². The van der Waals surface area contributed by atoms with Crippen molar-refractivity contribution < 1.29 is 9.53 Å². The summed E-state index contributed by atoms with van der Waals surface area (Å²) in [6, 6.07) is 8.24. The van der Waals surface area contributed by atoms with E-state index in [4.69, 9.17) is 14.7 Å². The molecule has 1 aliphatic carbocycles. The van der Waals surface area contributed by atoms with Crippen molar-refractivity contribution in [3.05, 3.63) is 24.3 Å². The predicted octanol–water partition coefficient (Wildman–Crippen LogP) is 4.47. The number of benzene rings is 1. The Hall–Kier alpha value is -2.37. The van der Waals surface area contributed by atoms with Crippen LogP contribution in [-0.4, -0.2) is 41.6 Å². The maximum Gasteiger partial charge on any atom is 0.258 e. The number of hydrogen-bond donors (Lipinski definition) is 1. The van der Waals surface area contributed by atoms with Crippen LogP contribution < -0.4 is 15.0 Å². The second-order valence-corrected chi connectivity index (χ2v) is 8.67. The van der Waals surface area contributed by atoms with Gasteiger partial charge in [0.25, 0.3) is 5.88 Å². The van der Waals surface area contributed by atoms with Crippen LogP contribution in [0.2, 0.25) is 0 Å². The number of carbonyl (C=O) groups is 1. The van der Waals surface area contributed by atoms with Crippen molar-refractivity contribution in [2.24, 2.45) is 5.92 Å². The third-order valence-electron chi connectivity index (χ3n) is 6.26. The van der Waals surface area contributed by atoms with Gasteiger partial charge in [-0.3, -0.25) is 4.79 Å². The highest BCUT2D eigenvalue weighted by atomic mass is 16.5. The third kappa shape index (κ3) is 5.02. The van der Waals surface area contributed by atoms with Gasteiger partial charge in [0, 0.05) is 19.1 Å². The van der Waals surface area contributed by atoms with Crippen molar-refractivity contribution in [3.8, 4) is 5.88 Å². The molecule has 2 heterocycles. The molecule has 1 aromatic heterocycles. The maximum absolute atomic E-state index is 13.0. The van der Waals surface area contributed by atoms with Crippen LogP contribution in [0.15, 0.2) is 24.3 Å². The van der Waals surface area contributed by atoms with Crippen molar-refractivity contribution in [2.75, 3.05) is 24.6 Å². The van der Waals surface area contributed by atoms with E-state index < -0.39 is 0 Å². The lowest BCUT2D eigenvalue weighted by Gasteiger charge is -2.34. The summed E-state index contributed by atoms with van der Waals surface area (Å²) in [6.45, 7) is 4.25. The highest BCUT2D eigenvalue weighted by Crippen LogP contribution is 2.31. The molecular weight excluding hydrogens is 376 g/mol. The number of rotatable bonds is 6. The number of anilines is 1. The van der Waals surface area contributed by atoms with E-state index in [-0.39, 0.29) is 11.8 Å². The number of nitrogens with one attached hydrogen (secondary N) is 1. The lowest BCUT2D eigenvalue weighted by Crippen LogP contribution is -2.46. The van der Waals surface area contributed by atoms with Crippen LogP contribution in [0.1, 0.15) is 64.7 Å². The molecule has 6 nitrogen and oxygen atoms in total. The molecule has 1 aromatic carbocycles. The average molecular weight is 411 g/mol. The van der Waals surface area contributed by atoms with Gasteiger partial charge >= 0.3 is 0 Å². The Labute approximate surface area is 179 Å². The smallest absolute Gasteiger partial charge is 0.258 e. The molecule has 2 aromatic rings. The summed E-state index contributed by atoms with van der Waals surface area (Å²) in [5, 5.41) is 3.35. The highest BCUT2D eigenvalue weighted by molar-refractivity contribution is 5.81. The largest absolute Gasteiger partial charge is 0.475 e. The molecule has 1 N–H and O–H groups in total. The number of para-hydroxylation sites is 2. The van der Waals surface area contributed by atoms with Gasteiger partial charge in [0.1, 0.15) is 0 Å². The Balaban J connectivity index is 1.50. The van der Waals surface area contributed by atoms with E-state index in [1.165, 1.54) is 25.7 Å². The Morgan fingerprint density at radius 1 is 1.07 bits per heavy atom. The topological polar surface area (TPSA) is 67.4 Å². The zero-order valence-corrected chi connectivity index (χ0v) is 18.1. The van der Waals surface area contributed by atoms with Crippen LogP contribution in [0, 0.1) is 5.92 Å². The second-order valence-electron chi connectivity index (χ2n) is 8.67. The number of amides is 1.